The van der Waals surface area contributed by atoms with Gasteiger partial charge in [0.15, 0.2) is 5.65 Å². The number of pyridine rings is 1. The van der Waals surface area contributed by atoms with E-state index in [2.05, 4.69) is 10.2 Å². The molecule has 0 saturated heterocycles. The molecule has 0 aliphatic carbocycles. The summed E-state index contributed by atoms with van der Waals surface area (Å²) in [6.45, 7) is 0. The monoisotopic (exact) mass is 398 g/mol. The topological polar surface area (TPSA) is 65.4 Å². The molecule has 148 valence electrons. The van der Waals surface area contributed by atoms with Crippen LogP contribution in [0.1, 0.15) is 11.3 Å². The molecular formula is C21H17F3N4O. The molecule has 0 unspecified atom stereocenters. The third-order valence-electron chi connectivity index (χ3n) is 4.86. The van der Waals surface area contributed by atoms with Crippen molar-refractivity contribution in [3.05, 3.63) is 77.5 Å². The highest BCUT2D eigenvalue weighted by Gasteiger charge is 2.15. The number of hydrogen-bond donors (Lipinski definition) is 1. The molecule has 2 aromatic heterocycles. The van der Waals surface area contributed by atoms with E-state index in [1.807, 2.05) is 0 Å². The predicted octanol–water partition coefficient (Wildman–Crippen LogP) is 4.19. The highest BCUT2D eigenvalue weighted by molar-refractivity contribution is 5.78. The first-order valence-electron chi connectivity index (χ1n) is 8.87. The number of halogens is 3. The van der Waals surface area contributed by atoms with E-state index in [0.717, 1.165) is 17.8 Å². The standard InChI is InChI=1S/C21H17F3N4O/c1-29-19-4-2-3-16(22)15(19)8-6-13-5-7-14(21-27-26-11-28(13)21)12-9-17(23)20(25)18(24)10-12/h2-5,7,9-11H,6,8,25H2,1H3. The molecule has 4 rings (SSSR count). The van der Waals surface area contributed by atoms with Gasteiger partial charge in [0.05, 0.1) is 7.11 Å². The average Bonchev–Trinajstić information content (AvgIpc) is 3.20. The number of rotatable bonds is 5. The Morgan fingerprint density at radius 1 is 1.00 bits per heavy atom. The van der Waals surface area contributed by atoms with Gasteiger partial charge in [0.1, 0.15) is 35.2 Å². The molecule has 0 radical (unpaired) electrons. The number of nitrogens with zero attached hydrogens (tertiary/aromatic N) is 3. The molecule has 4 aromatic rings. The van der Waals surface area contributed by atoms with Crippen molar-refractivity contribution in [3.8, 4) is 16.9 Å². The van der Waals surface area contributed by atoms with Crippen LogP contribution in [0.4, 0.5) is 18.9 Å². The van der Waals surface area contributed by atoms with Gasteiger partial charge in [0, 0.05) is 16.8 Å². The fraction of sp³-hybridized carbons (Fsp3) is 0.143. The van der Waals surface area contributed by atoms with Gasteiger partial charge in [-0.2, -0.15) is 0 Å². The summed E-state index contributed by atoms with van der Waals surface area (Å²) < 4.78 is 48.9. The van der Waals surface area contributed by atoms with Crippen molar-refractivity contribution >= 4 is 11.3 Å². The van der Waals surface area contributed by atoms with Gasteiger partial charge < -0.3 is 10.5 Å². The van der Waals surface area contributed by atoms with Crippen LogP contribution in [0, 0.1) is 17.5 Å². The number of ether oxygens (including phenoxy) is 1. The normalized spacial score (nSPS) is 11.2. The molecule has 0 fully saturated rings. The van der Waals surface area contributed by atoms with Crippen molar-refractivity contribution in [2.75, 3.05) is 12.8 Å². The van der Waals surface area contributed by atoms with Crippen LogP contribution in [0.3, 0.4) is 0 Å². The first-order chi connectivity index (χ1) is 14.0. The van der Waals surface area contributed by atoms with E-state index in [1.165, 1.54) is 19.5 Å². The van der Waals surface area contributed by atoms with E-state index in [1.54, 1.807) is 28.7 Å². The summed E-state index contributed by atoms with van der Waals surface area (Å²) in [5, 5.41) is 8.00. The Morgan fingerprint density at radius 3 is 2.48 bits per heavy atom. The first-order valence-corrected chi connectivity index (χ1v) is 8.87. The number of aromatic nitrogens is 3. The van der Waals surface area contributed by atoms with Gasteiger partial charge in [0.25, 0.3) is 0 Å². The van der Waals surface area contributed by atoms with E-state index in [4.69, 9.17) is 10.5 Å². The lowest BCUT2D eigenvalue weighted by Crippen LogP contribution is -2.03. The highest BCUT2D eigenvalue weighted by Crippen LogP contribution is 2.29. The minimum atomic E-state index is -0.839. The number of methoxy groups -OCH3 is 1. The zero-order valence-electron chi connectivity index (χ0n) is 15.5. The number of nitrogens with two attached hydrogens (primary N) is 1. The number of anilines is 1. The Labute approximate surface area is 164 Å². The van der Waals surface area contributed by atoms with Gasteiger partial charge in [0.2, 0.25) is 0 Å². The number of fused-ring (bicyclic) bond motifs is 1. The molecule has 0 spiro atoms. The second kappa shape index (κ2) is 7.46. The molecule has 29 heavy (non-hydrogen) atoms. The van der Waals surface area contributed by atoms with Crippen LogP contribution in [0.2, 0.25) is 0 Å². The Balaban J connectivity index is 1.71. The number of aryl methyl sites for hydroxylation is 1. The van der Waals surface area contributed by atoms with Crippen molar-refractivity contribution in [1.29, 1.82) is 0 Å². The smallest absolute Gasteiger partial charge is 0.168 e. The maximum Gasteiger partial charge on any atom is 0.168 e. The molecule has 0 aliphatic rings. The van der Waals surface area contributed by atoms with E-state index in [-0.39, 0.29) is 5.82 Å². The summed E-state index contributed by atoms with van der Waals surface area (Å²) in [5.41, 5.74) is 7.36. The Bertz CT molecular complexity index is 1180. The van der Waals surface area contributed by atoms with Crippen LogP contribution in [0.25, 0.3) is 16.8 Å². The van der Waals surface area contributed by atoms with E-state index in [9.17, 15) is 13.2 Å². The molecular weight excluding hydrogens is 381 g/mol. The second-order valence-corrected chi connectivity index (χ2v) is 6.54. The minimum absolute atomic E-state index is 0.300. The fourth-order valence-electron chi connectivity index (χ4n) is 3.36. The SMILES string of the molecule is COc1cccc(F)c1CCc1ccc(-c2cc(F)c(N)c(F)c2)c2nncn12. The second-order valence-electron chi connectivity index (χ2n) is 6.54. The van der Waals surface area contributed by atoms with Gasteiger partial charge in [-0.15, -0.1) is 10.2 Å². The zero-order valence-corrected chi connectivity index (χ0v) is 15.5. The van der Waals surface area contributed by atoms with Crippen LogP contribution >= 0.6 is 0 Å². The largest absolute Gasteiger partial charge is 0.496 e. The van der Waals surface area contributed by atoms with Crippen LogP contribution in [0.15, 0.2) is 48.8 Å². The molecule has 0 saturated carbocycles. The van der Waals surface area contributed by atoms with Crippen LogP contribution < -0.4 is 10.5 Å². The quantitative estimate of drug-likeness (QED) is 0.512. The summed E-state index contributed by atoms with van der Waals surface area (Å²) >= 11 is 0. The lowest BCUT2D eigenvalue weighted by atomic mass is 10.0. The Morgan fingerprint density at radius 2 is 1.76 bits per heavy atom. The van der Waals surface area contributed by atoms with Gasteiger partial charge in [-0.1, -0.05) is 6.07 Å². The maximum absolute atomic E-state index is 14.2. The molecule has 0 atom stereocenters. The summed E-state index contributed by atoms with van der Waals surface area (Å²) in [6.07, 6.45) is 2.39. The minimum Gasteiger partial charge on any atom is -0.496 e. The van der Waals surface area contributed by atoms with Crippen LogP contribution in [-0.4, -0.2) is 21.7 Å². The van der Waals surface area contributed by atoms with Gasteiger partial charge in [-0.3, -0.25) is 4.40 Å². The molecule has 0 bridgehead atoms. The number of nitrogen functional groups attached to an aromatic ring is 1. The molecule has 2 aromatic carbocycles. The molecule has 8 heteroatoms. The van der Waals surface area contributed by atoms with Gasteiger partial charge in [-0.25, -0.2) is 13.2 Å². The molecule has 2 heterocycles. The Hall–Kier alpha value is -3.55. The van der Waals surface area contributed by atoms with E-state index < -0.39 is 17.3 Å². The number of benzene rings is 2. The molecule has 0 aliphatic heterocycles. The lowest BCUT2D eigenvalue weighted by Gasteiger charge is -2.12. The molecule has 0 amide bonds. The molecule has 2 N–H and O–H groups in total. The Kier molecular flexibility index (Phi) is 4.84. The van der Waals surface area contributed by atoms with Crippen molar-refractivity contribution in [1.82, 2.24) is 14.6 Å². The van der Waals surface area contributed by atoms with Crippen molar-refractivity contribution in [3.63, 3.8) is 0 Å². The van der Waals surface area contributed by atoms with Gasteiger partial charge in [-0.05, 0) is 54.8 Å². The van der Waals surface area contributed by atoms with Crippen molar-refractivity contribution in [2.45, 2.75) is 12.8 Å². The summed E-state index contributed by atoms with van der Waals surface area (Å²) in [4.78, 5) is 0. The van der Waals surface area contributed by atoms with Crippen molar-refractivity contribution in [2.24, 2.45) is 0 Å². The highest BCUT2D eigenvalue weighted by atomic mass is 19.1. The molecule has 5 nitrogen and oxygen atoms in total. The summed E-state index contributed by atoms with van der Waals surface area (Å²) in [7, 11) is 1.50. The van der Waals surface area contributed by atoms with E-state index in [0.29, 0.717) is 40.9 Å². The van der Waals surface area contributed by atoms with Crippen LogP contribution in [0.5, 0.6) is 5.75 Å². The zero-order chi connectivity index (χ0) is 20.5. The summed E-state index contributed by atoms with van der Waals surface area (Å²) in [6, 6.07) is 10.5. The van der Waals surface area contributed by atoms with Crippen LogP contribution in [-0.2, 0) is 12.8 Å². The lowest BCUT2D eigenvalue weighted by molar-refractivity contribution is 0.404. The van der Waals surface area contributed by atoms with E-state index >= 15 is 0 Å². The maximum atomic E-state index is 14.2. The first kappa shape index (κ1) is 18.8. The summed E-state index contributed by atoms with van der Waals surface area (Å²) in [5.74, 6) is -1.54. The third-order valence-corrected chi connectivity index (χ3v) is 4.86. The number of hydrogen-bond acceptors (Lipinski definition) is 4. The fourth-order valence-corrected chi connectivity index (χ4v) is 3.36. The third kappa shape index (κ3) is 3.37. The average molecular weight is 398 g/mol. The van der Waals surface area contributed by atoms with Gasteiger partial charge >= 0.3 is 0 Å². The van der Waals surface area contributed by atoms with Crippen molar-refractivity contribution < 1.29 is 17.9 Å². The predicted molar refractivity (Wildman–Crippen MR) is 103 cm³/mol.